The number of amides is 2. The van der Waals surface area contributed by atoms with Crippen LogP contribution in [0.25, 0.3) is 0 Å². The molecule has 3 rings (SSSR count). The molecule has 0 radical (unpaired) electrons. The van der Waals surface area contributed by atoms with Gasteiger partial charge in [-0.1, -0.05) is 0 Å². The van der Waals surface area contributed by atoms with Gasteiger partial charge >= 0.3 is 6.18 Å². The molecule has 0 bridgehead atoms. The molecule has 1 aromatic heterocycles. The molecule has 172 valence electrons. The van der Waals surface area contributed by atoms with Crippen LogP contribution >= 0.6 is 0 Å². The molecule has 0 aliphatic carbocycles. The van der Waals surface area contributed by atoms with E-state index >= 15 is 0 Å². The summed E-state index contributed by atoms with van der Waals surface area (Å²) in [5.74, 6) is -2.70. The van der Waals surface area contributed by atoms with Crippen LogP contribution < -0.4 is 20.5 Å². The van der Waals surface area contributed by atoms with Gasteiger partial charge in [-0.2, -0.15) is 13.2 Å². The number of halogens is 4. The van der Waals surface area contributed by atoms with E-state index in [-0.39, 0.29) is 28.6 Å². The number of benzene rings is 2. The molecule has 0 unspecified atom stereocenters. The number of nitrogens with zero attached hydrogens (tertiary/aromatic N) is 1. The molecule has 0 saturated heterocycles. The monoisotopic (exact) mass is 463 g/mol. The Morgan fingerprint density at radius 1 is 1.03 bits per heavy atom. The van der Waals surface area contributed by atoms with Gasteiger partial charge in [-0.25, -0.2) is 4.39 Å². The summed E-state index contributed by atoms with van der Waals surface area (Å²) in [6, 6.07) is 7.56. The fourth-order valence-corrected chi connectivity index (χ4v) is 3.04. The Kier molecular flexibility index (Phi) is 6.52. The molecule has 0 aliphatic rings. The summed E-state index contributed by atoms with van der Waals surface area (Å²) in [6.07, 6.45) is -3.53. The Labute approximate surface area is 185 Å². The number of nitrogens with one attached hydrogen (secondary N) is 1. The highest BCUT2D eigenvalue weighted by molar-refractivity contribution is 6.08. The number of anilines is 1. The van der Waals surface area contributed by atoms with Gasteiger partial charge in [-0.05, 0) is 48.9 Å². The zero-order valence-corrected chi connectivity index (χ0v) is 17.3. The normalized spacial score (nSPS) is 11.1. The van der Waals surface area contributed by atoms with Crippen LogP contribution in [0.3, 0.4) is 0 Å². The van der Waals surface area contributed by atoms with Crippen molar-refractivity contribution in [3.05, 3.63) is 76.9 Å². The summed E-state index contributed by atoms with van der Waals surface area (Å²) in [5.41, 5.74) is 3.22. The van der Waals surface area contributed by atoms with Gasteiger partial charge in [0, 0.05) is 18.0 Å². The Hall–Kier alpha value is -4.15. The number of hydrogen-bond donors (Lipinski definition) is 2. The molecule has 0 saturated carbocycles. The lowest BCUT2D eigenvalue weighted by Gasteiger charge is -2.19. The van der Waals surface area contributed by atoms with E-state index in [1.807, 2.05) is 0 Å². The number of methoxy groups -OCH3 is 1. The summed E-state index contributed by atoms with van der Waals surface area (Å²) in [5, 5.41) is 2.41. The number of aromatic nitrogens is 1. The van der Waals surface area contributed by atoms with Crippen molar-refractivity contribution in [2.24, 2.45) is 5.73 Å². The van der Waals surface area contributed by atoms with Crippen LogP contribution in [-0.4, -0.2) is 23.9 Å². The van der Waals surface area contributed by atoms with E-state index in [0.717, 1.165) is 31.2 Å². The van der Waals surface area contributed by atoms with Gasteiger partial charge in [0.25, 0.3) is 11.8 Å². The zero-order valence-electron chi connectivity index (χ0n) is 17.3. The van der Waals surface area contributed by atoms with Gasteiger partial charge in [0.1, 0.15) is 17.3 Å². The summed E-state index contributed by atoms with van der Waals surface area (Å²) < 4.78 is 64.7. The first-order chi connectivity index (χ1) is 15.5. The number of carbonyl (C=O) groups excluding carboxylic acids is 2. The number of rotatable bonds is 6. The molecule has 1 heterocycles. The van der Waals surface area contributed by atoms with Gasteiger partial charge in [-0.3, -0.25) is 14.6 Å². The summed E-state index contributed by atoms with van der Waals surface area (Å²) in [7, 11) is 1.26. The SMILES string of the molecule is COc1cc(F)ccc1Oc1ccc(C(F)(F)F)c(C)c1C(=O)Nc1ccnc(C(N)=O)c1. The quantitative estimate of drug-likeness (QED) is 0.516. The van der Waals surface area contributed by atoms with Gasteiger partial charge in [0.05, 0.1) is 18.2 Å². The number of carbonyl (C=O) groups is 2. The van der Waals surface area contributed by atoms with Crippen molar-refractivity contribution >= 4 is 17.5 Å². The lowest BCUT2D eigenvalue weighted by Crippen LogP contribution is -2.19. The Morgan fingerprint density at radius 3 is 2.36 bits per heavy atom. The minimum absolute atomic E-state index is 0.0213. The minimum Gasteiger partial charge on any atom is -0.493 e. The molecule has 3 N–H and O–H groups in total. The van der Waals surface area contributed by atoms with Crippen molar-refractivity contribution in [3.8, 4) is 17.2 Å². The highest BCUT2D eigenvalue weighted by atomic mass is 19.4. The smallest absolute Gasteiger partial charge is 0.416 e. The number of pyridine rings is 1. The topological polar surface area (TPSA) is 104 Å². The van der Waals surface area contributed by atoms with E-state index < -0.39 is 40.5 Å². The standard InChI is InChI=1S/C22H17F4N3O4/c1-11-14(22(24,25)26)4-6-17(33-16-5-3-12(23)9-18(16)32-2)19(11)21(31)29-13-7-8-28-15(10-13)20(27)30/h3-10H,1-2H3,(H2,27,30)(H,28,29,31). The fraction of sp³-hybridized carbons (Fsp3) is 0.136. The first kappa shape index (κ1) is 23.5. The van der Waals surface area contributed by atoms with Crippen LogP contribution in [0.4, 0.5) is 23.2 Å². The predicted octanol–water partition coefficient (Wildman–Crippen LogP) is 4.70. The molecule has 3 aromatic rings. The Morgan fingerprint density at radius 2 is 1.73 bits per heavy atom. The Bertz CT molecular complexity index is 1230. The summed E-state index contributed by atoms with van der Waals surface area (Å²) in [4.78, 5) is 28.1. The first-order valence-corrected chi connectivity index (χ1v) is 9.30. The number of hydrogen-bond acceptors (Lipinski definition) is 5. The van der Waals surface area contributed by atoms with E-state index in [1.165, 1.54) is 31.5 Å². The van der Waals surface area contributed by atoms with Gasteiger partial charge in [-0.15, -0.1) is 0 Å². The zero-order chi connectivity index (χ0) is 24.3. The summed E-state index contributed by atoms with van der Waals surface area (Å²) in [6.45, 7) is 1.12. The van der Waals surface area contributed by atoms with E-state index in [1.54, 1.807) is 0 Å². The predicted molar refractivity (Wildman–Crippen MR) is 110 cm³/mol. The summed E-state index contributed by atoms with van der Waals surface area (Å²) >= 11 is 0. The van der Waals surface area contributed by atoms with Gasteiger partial charge in [0.15, 0.2) is 11.5 Å². The second-order valence-corrected chi connectivity index (χ2v) is 6.75. The van der Waals surface area contributed by atoms with Crippen molar-refractivity contribution in [2.45, 2.75) is 13.1 Å². The highest BCUT2D eigenvalue weighted by Gasteiger charge is 2.35. The van der Waals surface area contributed by atoms with Gasteiger partial charge in [0.2, 0.25) is 0 Å². The third-order valence-corrected chi connectivity index (χ3v) is 4.58. The number of alkyl halides is 3. The van der Waals surface area contributed by atoms with Crippen LogP contribution in [0.5, 0.6) is 17.2 Å². The van der Waals surface area contributed by atoms with Crippen molar-refractivity contribution in [1.82, 2.24) is 4.98 Å². The molecule has 0 fully saturated rings. The van der Waals surface area contributed by atoms with Crippen molar-refractivity contribution < 1.29 is 36.6 Å². The van der Waals surface area contributed by atoms with Crippen LogP contribution in [-0.2, 0) is 6.18 Å². The number of nitrogens with two attached hydrogens (primary N) is 1. The molecule has 0 spiro atoms. The van der Waals surface area contributed by atoms with Crippen LogP contribution in [0.15, 0.2) is 48.7 Å². The molecule has 33 heavy (non-hydrogen) atoms. The Balaban J connectivity index is 2.08. The van der Waals surface area contributed by atoms with E-state index in [2.05, 4.69) is 10.3 Å². The molecule has 11 heteroatoms. The largest absolute Gasteiger partial charge is 0.493 e. The number of primary amides is 1. The van der Waals surface area contributed by atoms with E-state index in [0.29, 0.717) is 0 Å². The third kappa shape index (κ3) is 5.20. The van der Waals surface area contributed by atoms with E-state index in [4.69, 9.17) is 15.2 Å². The van der Waals surface area contributed by atoms with Crippen LogP contribution in [0, 0.1) is 12.7 Å². The average molecular weight is 463 g/mol. The second-order valence-electron chi connectivity index (χ2n) is 6.75. The minimum atomic E-state index is -4.74. The van der Waals surface area contributed by atoms with Crippen LogP contribution in [0.2, 0.25) is 0 Å². The maximum absolute atomic E-state index is 13.5. The fourth-order valence-electron chi connectivity index (χ4n) is 3.04. The average Bonchev–Trinajstić information content (AvgIpc) is 2.74. The maximum Gasteiger partial charge on any atom is 0.416 e. The lowest BCUT2D eigenvalue weighted by molar-refractivity contribution is -0.138. The molecule has 7 nitrogen and oxygen atoms in total. The molecular weight excluding hydrogens is 446 g/mol. The van der Waals surface area contributed by atoms with Crippen LogP contribution in [0.1, 0.15) is 32.0 Å². The maximum atomic E-state index is 13.5. The highest BCUT2D eigenvalue weighted by Crippen LogP contribution is 2.39. The van der Waals surface area contributed by atoms with E-state index in [9.17, 15) is 27.2 Å². The lowest BCUT2D eigenvalue weighted by atomic mass is 10.00. The molecule has 2 aromatic carbocycles. The first-order valence-electron chi connectivity index (χ1n) is 9.30. The number of ether oxygens (including phenoxy) is 2. The molecule has 2 amide bonds. The van der Waals surface area contributed by atoms with Gasteiger partial charge < -0.3 is 20.5 Å². The molecule has 0 atom stereocenters. The van der Waals surface area contributed by atoms with Crippen molar-refractivity contribution in [1.29, 1.82) is 0 Å². The van der Waals surface area contributed by atoms with Crippen molar-refractivity contribution in [2.75, 3.05) is 12.4 Å². The van der Waals surface area contributed by atoms with Crippen molar-refractivity contribution in [3.63, 3.8) is 0 Å². The molecule has 0 aliphatic heterocycles. The second kappa shape index (κ2) is 9.15. The third-order valence-electron chi connectivity index (χ3n) is 4.58. The molecular formula is C22H17F4N3O4.